The molecule has 134 valence electrons. The van der Waals surface area contributed by atoms with E-state index >= 15 is 0 Å². The number of hydrogen-bond acceptors (Lipinski definition) is 6. The Bertz CT molecular complexity index is 884. The molecule has 0 bridgehead atoms. The van der Waals surface area contributed by atoms with Crippen LogP contribution in [0.4, 0.5) is 0 Å². The maximum atomic E-state index is 12.5. The van der Waals surface area contributed by atoms with Gasteiger partial charge < -0.3 is 18.9 Å². The van der Waals surface area contributed by atoms with Crippen LogP contribution in [0.25, 0.3) is 6.08 Å². The van der Waals surface area contributed by atoms with Crippen molar-refractivity contribution in [3.05, 3.63) is 59.4 Å². The molecule has 0 saturated heterocycles. The fraction of sp³-hybridized carbons (Fsp3) is 0.200. The Morgan fingerprint density at radius 3 is 2.65 bits per heavy atom. The van der Waals surface area contributed by atoms with E-state index in [1.165, 1.54) is 7.11 Å². The summed E-state index contributed by atoms with van der Waals surface area (Å²) in [6.07, 6.45) is 0.815. The summed E-state index contributed by atoms with van der Waals surface area (Å²) in [6, 6.07) is 12.1. The van der Waals surface area contributed by atoms with Crippen LogP contribution in [0.15, 0.2) is 48.2 Å². The number of para-hydroxylation sites is 1. The maximum absolute atomic E-state index is 12.5. The van der Waals surface area contributed by atoms with E-state index in [2.05, 4.69) is 4.74 Å². The fourth-order valence-electron chi connectivity index (χ4n) is 2.55. The van der Waals surface area contributed by atoms with Gasteiger partial charge in [0.15, 0.2) is 11.9 Å². The van der Waals surface area contributed by atoms with Crippen LogP contribution in [0.1, 0.15) is 22.8 Å². The molecule has 0 saturated carbocycles. The quantitative estimate of drug-likeness (QED) is 0.606. The molecule has 1 atom stereocenters. The van der Waals surface area contributed by atoms with Crippen LogP contribution in [0.2, 0.25) is 0 Å². The highest BCUT2D eigenvalue weighted by Crippen LogP contribution is 2.35. The Labute approximate surface area is 150 Å². The third kappa shape index (κ3) is 3.39. The molecular weight excluding hydrogens is 336 g/mol. The van der Waals surface area contributed by atoms with E-state index < -0.39 is 12.1 Å². The zero-order valence-corrected chi connectivity index (χ0v) is 14.6. The van der Waals surface area contributed by atoms with Gasteiger partial charge in [0.25, 0.3) is 0 Å². The van der Waals surface area contributed by atoms with Crippen LogP contribution in [0.5, 0.6) is 17.2 Å². The number of ether oxygens (including phenoxy) is 4. The predicted molar refractivity (Wildman–Crippen MR) is 94.5 cm³/mol. The van der Waals surface area contributed by atoms with E-state index in [1.54, 1.807) is 62.6 Å². The highest BCUT2D eigenvalue weighted by Gasteiger charge is 2.28. The normalized spacial score (nSPS) is 15.2. The lowest BCUT2D eigenvalue weighted by molar-refractivity contribution is -0.147. The lowest BCUT2D eigenvalue weighted by atomic mass is 10.1. The molecule has 2 aromatic carbocycles. The van der Waals surface area contributed by atoms with E-state index in [4.69, 9.17) is 14.2 Å². The summed E-state index contributed by atoms with van der Waals surface area (Å²) in [5.74, 6) is 0.965. The van der Waals surface area contributed by atoms with Gasteiger partial charge in [-0.25, -0.2) is 4.79 Å². The fourth-order valence-corrected chi connectivity index (χ4v) is 2.55. The molecule has 0 spiro atoms. The van der Waals surface area contributed by atoms with E-state index in [0.717, 1.165) is 0 Å². The smallest absolute Gasteiger partial charge is 0.346 e. The van der Waals surface area contributed by atoms with Crippen molar-refractivity contribution in [3.8, 4) is 17.2 Å². The van der Waals surface area contributed by atoms with Gasteiger partial charge in [0.1, 0.15) is 17.2 Å². The van der Waals surface area contributed by atoms with Crippen LogP contribution < -0.4 is 14.2 Å². The standard InChI is InChI=1S/C20H18O6/c1-12(20(22)24-3)25-16-7-5-4-6-13(16)10-18-19(21)15-9-8-14(23-2)11-17(15)26-18/h4-12H,1-3H3/b18-10-/t12-/m0/s1. The van der Waals surface area contributed by atoms with Gasteiger partial charge in [-0.05, 0) is 31.2 Å². The number of allylic oxidation sites excluding steroid dienone is 1. The topological polar surface area (TPSA) is 71.1 Å². The molecule has 1 aliphatic heterocycles. The zero-order chi connectivity index (χ0) is 18.7. The summed E-state index contributed by atoms with van der Waals surface area (Å²) in [6.45, 7) is 1.59. The average Bonchev–Trinajstić information content (AvgIpc) is 2.97. The Morgan fingerprint density at radius 1 is 1.15 bits per heavy atom. The summed E-state index contributed by atoms with van der Waals surface area (Å²) >= 11 is 0. The van der Waals surface area contributed by atoms with Crippen LogP contribution in [-0.2, 0) is 9.53 Å². The second-order valence-electron chi connectivity index (χ2n) is 5.62. The van der Waals surface area contributed by atoms with Crippen molar-refractivity contribution >= 4 is 17.8 Å². The Kier molecular flexibility index (Phi) is 4.93. The lowest BCUT2D eigenvalue weighted by Gasteiger charge is -2.14. The molecule has 0 aliphatic carbocycles. The highest BCUT2D eigenvalue weighted by atomic mass is 16.6. The third-order valence-electron chi connectivity index (χ3n) is 3.92. The summed E-state index contributed by atoms with van der Waals surface area (Å²) in [7, 11) is 2.85. The minimum atomic E-state index is -0.777. The molecule has 26 heavy (non-hydrogen) atoms. The number of carbonyl (C=O) groups excluding carboxylic acids is 2. The number of benzene rings is 2. The van der Waals surface area contributed by atoms with Crippen molar-refractivity contribution in [1.29, 1.82) is 0 Å². The molecule has 0 amide bonds. The molecule has 0 fully saturated rings. The maximum Gasteiger partial charge on any atom is 0.346 e. The second kappa shape index (κ2) is 7.31. The molecule has 1 heterocycles. The van der Waals surface area contributed by atoms with Crippen LogP contribution in [0.3, 0.4) is 0 Å². The molecule has 0 N–H and O–H groups in total. The molecule has 0 unspecified atom stereocenters. The van der Waals surface area contributed by atoms with Gasteiger partial charge in [-0.2, -0.15) is 0 Å². The van der Waals surface area contributed by atoms with E-state index in [1.807, 2.05) is 0 Å². The third-order valence-corrected chi connectivity index (χ3v) is 3.92. The minimum Gasteiger partial charge on any atom is -0.497 e. The van der Waals surface area contributed by atoms with E-state index in [0.29, 0.717) is 28.4 Å². The monoisotopic (exact) mass is 354 g/mol. The van der Waals surface area contributed by atoms with E-state index in [9.17, 15) is 9.59 Å². The Morgan fingerprint density at radius 2 is 1.92 bits per heavy atom. The van der Waals surface area contributed by atoms with Crippen molar-refractivity contribution in [2.75, 3.05) is 14.2 Å². The van der Waals surface area contributed by atoms with Gasteiger partial charge in [0.2, 0.25) is 5.78 Å². The van der Waals surface area contributed by atoms with Gasteiger partial charge >= 0.3 is 5.97 Å². The van der Waals surface area contributed by atoms with Gasteiger partial charge in [0.05, 0.1) is 19.8 Å². The largest absolute Gasteiger partial charge is 0.497 e. The molecule has 0 radical (unpaired) electrons. The number of esters is 1. The van der Waals surface area contributed by atoms with Gasteiger partial charge in [0, 0.05) is 11.6 Å². The first-order valence-corrected chi connectivity index (χ1v) is 7.99. The van der Waals surface area contributed by atoms with Crippen LogP contribution in [-0.4, -0.2) is 32.1 Å². The summed E-state index contributed by atoms with van der Waals surface area (Å²) in [5, 5.41) is 0. The van der Waals surface area contributed by atoms with Crippen molar-refractivity contribution in [2.24, 2.45) is 0 Å². The molecule has 3 rings (SSSR count). The average molecular weight is 354 g/mol. The molecular formula is C20H18O6. The number of hydrogen-bond donors (Lipinski definition) is 0. The molecule has 0 aromatic heterocycles. The van der Waals surface area contributed by atoms with Crippen molar-refractivity contribution in [1.82, 2.24) is 0 Å². The molecule has 6 heteroatoms. The van der Waals surface area contributed by atoms with Gasteiger partial charge in [-0.15, -0.1) is 0 Å². The number of ketones is 1. The van der Waals surface area contributed by atoms with Crippen molar-refractivity contribution < 1.29 is 28.5 Å². The summed E-state index contributed by atoms with van der Waals surface area (Å²) < 4.78 is 21.1. The van der Waals surface area contributed by atoms with Gasteiger partial charge in [-0.3, -0.25) is 4.79 Å². The zero-order valence-electron chi connectivity index (χ0n) is 14.6. The number of methoxy groups -OCH3 is 2. The van der Waals surface area contributed by atoms with Crippen LogP contribution >= 0.6 is 0 Å². The number of carbonyl (C=O) groups is 2. The Balaban J connectivity index is 1.89. The summed E-state index contributed by atoms with van der Waals surface area (Å²) in [4.78, 5) is 24.1. The minimum absolute atomic E-state index is 0.176. The first-order chi connectivity index (χ1) is 12.5. The summed E-state index contributed by atoms with van der Waals surface area (Å²) in [5.41, 5.74) is 1.09. The molecule has 2 aromatic rings. The number of rotatable bonds is 5. The first kappa shape index (κ1) is 17.5. The second-order valence-corrected chi connectivity index (χ2v) is 5.62. The molecule has 1 aliphatic rings. The van der Waals surface area contributed by atoms with Crippen molar-refractivity contribution in [3.63, 3.8) is 0 Å². The number of fused-ring (bicyclic) bond motifs is 1. The van der Waals surface area contributed by atoms with Gasteiger partial charge in [-0.1, -0.05) is 18.2 Å². The Hall–Kier alpha value is -3.28. The lowest BCUT2D eigenvalue weighted by Crippen LogP contribution is -2.25. The highest BCUT2D eigenvalue weighted by molar-refractivity contribution is 6.14. The predicted octanol–water partition coefficient (Wildman–Crippen LogP) is 3.25. The van der Waals surface area contributed by atoms with E-state index in [-0.39, 0.29) is 11.5 Å². The van der Waals surface area contributed by atoms with Crippen molar-refractivity contribution in [2.45, 2.75) is 13.0 Å². The molecule has 6 nitrogen and oxygen atoms in total. The SMILES string of the molecule is COC(=O)[C@H](C)Oc1ccccc1/C=C1\Oc2cc(OC)ccc2C1=O. The first-order valence-electron chi connectivity index (χ1n) is 7.99. The van der Waals surface area contributed by atoms with Crippen LogP contribution in [0, 0.1) is 0 Å². The number of Topliss-reactive ketones (excluding diaryl/α,β-unsaturated/α-hetero) is 1.